The fourth-order valence-electron chi connectivity index (χ4n) is 1.88. The number of ketones is 1. The van der Waals surface area contributed by atoms with Crippen LogP contribution >= 0.6 is 0 Å². The zero-order valence-electron chi connectivity index (χ0n) is 11.7. The van der Waals surface area contributed by atoms with Crippen molar-refractivity contribution in [1.29, 1.82) is 5.26 Å². The lowest BCUT2D eigenvalue weighted by atomic mass is 10.1. The number of rotatable bonds is 1. The van der Waals surface area contributed by atoms with Gasteiger partial charge in [-0.05, 0) is 48.7 Å². The molecule has 0 aliphatic heterocycles. The second kappa shape index (κ2) is 6.02. The number of Topliss-reactive ketones (excluding diaryl/α,β-unsaturated/α-hetero) is 1. The summed E-state index contributed by atoms with van der Waals surface area (Å²) in [5, 5.41) is 8.44. The number of nitrogens with zero attached hydrogens (tertiary/aromatic N) is 1. The Morgan fingerprint density at radius 1 is 1.14 bits per heavy atom. The van der Waals surface area contributed by atoms with Crippen LogP contribution in [0.2, 0.25) is 0 Å². The van der Waals surface area contributed by atoms with Crippen LogP contribution in [0.25, 0.3) is 0 Å². The van der Waals surface area contributed by atoms with Gasteiger partial charge in [0.1, 0.15) is 0 Å². The first-order valence-corrected chi connectivity index (χ1v) is 6.51. The number of hydrogen-bond donors (Lipinski definition) is 0. The molecule has 0 saturated heterocycles. The lowest BCUT2D eigenvalue weighted by Gasteiger charge is -2.06. The van der Waals surface area contributed by atoms with E-state index in [0.29, 0.717) is 0 Å². The number of carbonyl (C=O) groups is 1. The van der Waals surface area contributed by atoms with Crippen molar-refractivity contribution in [3.63, 3.8) is 0 Å². The smallest absolute Gasteiger partial charge is 0.295 e. The molecule has 22 heavy (non-hydrogen) atoms. The van der Waals surface area contributed by atoms with Crippen LogP contribution in [-0.4, -0.2) is 5.78 Å². The highest BCUT2D eigenvalue weighted by atomic mass is 19.4. The van der Waals surface area contributed by atoms with Gasteiger partial charge in [-0.3, -0.25) is 4.79 Å². The molecule has 2 nitrogen and oxygen atoms in total. The molecule has 0 unspecified atom stereocenters. The molecule has 3 rings (SSSR count). The molecule has 0 saturated carbocycles. The van der Waals surface area contributed by atoms with Crippen molar-refractivity contribution in [1.82, 2.24) is 0 Å². The molecule has 0 aromatic heterocycles. The van der Waals surface area contributed by atoms with Gasteiger partial charge in [0, 0.05) is 5.56 Å². The predicted molar refractivity (Wildman–Crippen MR) is 75.4 cm³/mol. The van der Waals surface area contributed by atoms with Crippen LogP contribution in [0.1, 0.15) is 39.5 Å². The predicted octanol–water partition coefficient (Wildman–Crippen LogP) is 4.37. The van der Waals surface area contributed by atoms with E-state index in [4.69, 9.17) is 5.26 Å². The number of alkyl halides is 3. The monoisotopic (exact) mass is 303 g/mol. The molecule has 0 bridgehead atoms. The minimum atomic E-state index is -4.38. The molecular formula is C17H12F3NO. The molecule has 1 aliphatic rings. The van der Waals surface area contributed by atoms with Gasteiger partial charge in [0.25, 0.3) is 0 Å². The van der Waals surface area contributed by atoms with E-state index in [1.807, 2.05) is 18.2 Å². The van der Waals surface area contributed by atoms with Crippen molar-refractivity contribution in [3.05, 3.63) is 70.3 Å². The Kier molecular flexibility index (Phi) is 4.32. The standard InChI is InChI=1S/C9H7F3O.C8H5N/c1-6(13)7-3-2-4-8(5-7)9(10,11)12;9-5-6-1-2-7-4-8(7)3-6/h2-5H,1H3;1-3H,4H2. The number of halogens is 3. The van der Waals surface area contributed by atoms with Crippen molar-refractivity contribution in [2.24, 2.45) is 0 Å². The van der Waals surface area contributed by atoms with Crippen LogP contribution in [0.3, 0.4) is 0 Å². The van der Waals surface area contributed by atoms with E-state index < -0.39 is 11.7 Å². The average Bonchev–Trinajstić information content (AvgIpc) is 3.25. The van der Waals surface area contributed by atoms with Crippen molar-refractivity contribution in [2.45, 2.75) is 19.5 Å². The van der Waals surface area contributed by atoms with Crippen LogP contribution in [0, 0.1) is 11.3 Å². The number of carbonyl (C=O) groups excluding carboxylic acids is 1. The van der Waals surface area contributed by atoms with Crippen LogP contribution in [0.4, 0.5) is 13.2 Å². The summed E-state index contributed by atoms with van der Waals surface area (Å²) in [4.78, 5) is 10.8. The van der Waals surface area contributed by atoms with Gasteiger partial charge in [-0.25, -0.2) is 0 Å². The average molecular weight is 303 g/mol. The third-order valence-corrected chi connectivity index (χ3v) is 3.19. The first-order valence-electron chi connectivity index (χ1n) is 6.51. The highest BCUT2D eigenvalue weighted by Crippen LogP contribution is 2.29. The molecule has 2 aromatic carbocycles. The minimum Gasteiger partial charge on any atom is -0.295 e. The van der Waals surface area contributed by atoms with E-state index in [1.165, 1.54) is 30.2 Å². The number of fused-ring (bicyclic) bond motifs is 1. The molecule has 0 atom stereocenters. The van der Waals surface area contributed by atoms with E-state index in [2.05, 4.69) is 6.07 Å². The molecule has 0 heterocycles. The van der Waals surface area contributed by atoms with Gasteiger partial charge in [-0.1, -0.05) is 18.2 Å². The Balaban J connectivity index is 0.000000170. The van der Waals surface area contributed by atoms with E-state index in [0.717, 1.165) is 24.1 Å². The van der Waals surface area contributed by atoms with E-state index in [1.54, 1.807) is 0 Å². The molecule has 0 amide bonds. The largest absolute Gasteiger partial charge is 0.416 e. The van der Waals surface area contributed by atoms with Crippen molar-refractivity contribution < 1.29 is 18.0 Å². The van der Waals surface area contributed by atoms with Crippen LogP contribution < -0.4 is 0 Å². The van der Waals surface area contributed by atoms with Gasteiger partial charge < -0.3 is 0 Å². The minimum absolute atomic E-state index is 0.0785. The first kappa shape index (κ1) is 15.8. The summed E-state index contributed by atoms with van der Waals surface area (Å²) >= 11 is 0. The molecule has 0 fully saturated rings. The maximum Gasteiger partial charge on any atom is 0.416 e. The third kappa shape index (κ3) is 3.95. The summed E-state index contributed by atoms with van der Waals surface area (Å²) in [5.41, 5.74) is 2.81. The molecule has 112 valence electrons. The van der Waals surface area contributed by atoms with Crippen LogP contribution in [0.15, 0.2) is 42.5 Å². The Hall–Kier alpha value is -2.61. The fourth-order valence-corrected chi connectivity index (χ4v) is 1.88. The summed E-state index contributed by atoms with van der Waals surface area (Å²) in [5.74, 6) is -0.369. The van der Waals surface area contributed by atoms with Gasteiger partial charge in [-0.2, -0.15) is 18.4 Å². The summed E-state index contributed by atoms with van der Waals surface area (Å²) in [6, 6.07) is 12.3. The quantitative estimate of drug-likeness (QED) is 0.626. The Labute approximate surface area is 125 Å². The van der Waals surface area contributed by atoms with E-state index in [9.17, 15) is 18.0 Å². The van der Waals surface area contributed by atoms with Gasteiger partial charge in [0.2, 0.25) is 0 Å². The highest BCUT2D eigenvalue weighted by Gasteiger charge is 2.30. The lowest BCUT2D eigenvalue weighted by Crippen LogP contribution is -2.06. The van der Waals surface area contributed by atoms with Gasteiger partial charge in [0.15, 0.2) is 5.78 Å². The topological polar surface area (TPSA) is 40.9 Å². The lowest BCUT2D eigenvalue weighted by molar-refractivity contribution is -0.137. The number of hydrogen-bond acceptors (Lipinski definition) is 2. The second-order valence-corrected chi connectivity index (χ2v) is 4.91. The summed E-state index contributed by atoms with van der Waals surface area (Å²) in [6.07, 6.45) is -3.28. The normalized spacial score (nSPS) is 11.6. The number of benzene rings is 2. The molecule has 0 radical (unpaired) electrons. The summed E-state index contributed by atoms with van der Waals surface area (Å²) in [6.45, 7) is 1.23. The van der Waals surface area contributed by atoms with E-state index >= 15 is 0 Å². The zero-order valence-corrected chi connectivity index (χ0v) is 11.7. The van der Waals surface area contributed by atoms with E-state index in [-0.39, 0.29) is 11.3 Å². The SMILES string of the molecule is CC(=O)c1cccc(C(F)(F)F)c1.N#Cc1ccc2c(c1)C2. The molecule has 0 N–H and O–H groups in total. The van der Waals surface area contributed by atoms with Crippen LogP contribution in [-0.2, 0) is 12.6 Å². The third-order valence-electron chi connectivity index (χ3n) is 3.19. The maximum absolute atomic E-state index is 12.1. The molecule has 5 heteroatoms. The number of nitriles is 1. The van der Waals surface area contributed by atoms with Gasteiger partial charge in [0.05, 0.1) is 17.2 Å². The summed E-state index contributed by atoms with van der Waals surface area (Å²) in [7, 11) is 0. The Bertz CT molecular complexity index is 757. The van der Waals surface area contributed by atoms with Crippen molar-refractivity contribution in [3.8, 4) is 6.07 Å². The summed E-state index contributed by atoms with van der Waals surface area (Å²) < 4.78 is 36.4. The van der Waals surface area contributed by atoms with Crippen molar-refractivity contribution in [2.75, 3.05) is 0 Å². The molecular weight excluding hydrogens is 291 g/mol. The maximum atomic E-state index is 12.1. The fraction of sp³-hybridized carbons (Fsp3) is 0.176. The first-order chi connectivity index (χ1) is 10.3. The second-order valence-electron chi connectivity index (χ2n) is 4.91. The van der Waals surface area contributed by atoms with Gasteiger partial charge >= 0.3 is 6.18 Å². The zero-order chi connectivity index (χ0) is 16.3. The van der Waals surface area contributed by atoms with Crippen LogP contribution in [0.5, 0.6) is 0 Å². The Morgan fingerprint density at radius 2 is 1.86 bits per heavy atom. The molecule has 0 spiro atoms. The van der Waals surface area contributed by atoms with Crippen molar-refractivity contribution >= 4 is 5.78 Å². The Morgan fingerprint density at radius 3 is 2.41 bits per heavy atom. The van der Waals surface area contributed by atoms with Gasteiger partial charge in [-0.15, -0.1) is 0 Å². The highest BCUT2D eigenvalue weighted by molar-refractivity contribution is 5.94. The molecule has 2 aromatic rings. The molecule has 1 aliphatic carbocycles.